The van der Waals surface area contributed by atoms with Crippen LogP contribution >= 0.6 is 11.6 Å². The van der Waals surface area contributed by atoms with Gasteiger partial charge in [0.25, 0.3) is 5.56 Å². The van der Waals surface area contributed by atoms with Crippen LogP contribution in [0.25, 0.3) is 11.3 Å². The molecule has 1 heterocycles. The van der Waals surface area contributed by atoms with Gasteiger partial charge in [-0.2, -0.15) is 5.11 Å². The molecule has 0 aliphatic rings. The number of aromatic hydroxyl groups is 1. The van der Waals surface area contributed by atoms with E-state index in [0.717, 1.165) is 0 Å². The van der Waals surface area contributed by atoms with E-state index in [9.17, 15) is 9.90 Å². The summed E-state index contributed by atoms with van der Waals surface area (Å²) in [6.45, 7) is 0. The third-order valence-electron chi connectivity index (χ3n) is 3.00. The summed E-state index contributed by atoms with van der Waals surface area (Å²) >= 11 is 5.88. The first-order valence-electron chi connectivity index (χ1n) is 6.41. The molecule has 3 N–H and O–H groups in total. The Morgan fingerprint density at radius 3 is 2.59 bits per heavy atom. The van der Waals surface area contributed by atoms with Crippen molar-refractivity contribution < 1.29 is 5.11 Å². The number of nitrogens with zero attached hydrogens (tertiary/aromatic N) is 2. The molecule has 2 aromatic carbocycles. The van der Waals surface area contributed by atoms with Crippen LogP contribution < -0.4 is 5.56 Å². The number of aromatic nitrogens is 2. The number of azo groups is 1. The van der Waals surface area contributed by atoms with Gasteiger partial charge in [0, 0.05) is 10.6 Å². The van der Waals surface area contributed by atoms with Crippen molar-refractivity contribution in [3.8, 4) is 17.0 Å². The molecular weight excluding hydrogens is 304 g/mol. The predicted molar refractivity (Wildman–Crippen MR) is 84.1 cm³/mol. The van der Waals surface area contributed by atoms with Gasteiger partial charge in [-0.25, -0.2) is 0 Å². The summed E-state index contributed by atoms with van der Waals surface area (Å²) in [6, 6.07) is 13.4. The Kier molecular flexibility index (Phi) is 3.76. The maximum Gasteiger partial charge on any atom is 0.292 e. The van der Waals surface area contributed by atoms with Crippen LogP contribution in [0.2, 0.25) is 5.02 Å². The van der Waals surface area contributed by atoms with Gasteiger partial charge in [0.05, 0.1) is 11.4 Å². The molecule has 1 aromatic heterocycles. The number of benzene rings is 2. The second kappa shape index (κ2) is 5.87. The second-order valence-electron chi connectivity index (χ2n) is 4.50. The number of rotatable bonds is 3. The number of para-hydroxylation sites is 1. The van der Waals surface area contributed by atoms with E-state index in [-0.39, 0.29) is 11.4 Å². The number of nitrogens with one attached hydrogen (secondary N) is 2. The van der Waals surface area contributed by atoms with Gasteiger partial charge in [0.1, 0.15) is 5.75 Å². The molecule has 0 bridgehead atoms. The van der Waals surface area contributed by atoms with Gasteiger partial charge < -0.3 is 5.11 Å². The first kappa shape index (κ1) is 14.1. The molecule has 0 fully saturated rings. The third-order valence-corrected chi connectivity index (χ3v) is 3.24. The Morgan fingerprint density at radius 1 is 1.00 bits per heavy atom. The normalized spacial score (nSPS) is 11.1. The van der Waals surface area contributed by atoms with Crippen LogP contribution in [0.15, 0.2) is 63.6 Å². The minimum absolute atomic E-state index is 0.0388. The lowest BCUT2D eigenvalue weighted by Crippen LogP contribution is -1.96. The lowest BCUT2D eigenvalue weighted by Gasteiger charge is -2.01. The zero-order chi connectivity index (χ0) is 15.5. The van der Waals surface area contributed by atoms with Crippen molar-refractivity contribution in [3.05, 3.63) is 63.9 Å². The summed E-state index contributed by atoms with van der Waals surface area (Å²) in [5, 5.41) is 23.5. The highest BCUT2D eigenvalue weighted by Gasteiger charge is 2.14. The molecule has 0 atom stereocenters. The molecule has 22 heavy (non-hydrogen) atoms. The fraction of sp³-hybridized carbons (Fsp3) is 0. The molecule has 0 aliphatic carbocycles. The SMILES string of the molecule is O=c1[nH][nH]c(-c2ccccc2O)c1N=Nc1cccc(Cl)c1. The van der Waals surface area contributed by atoms with Gasteiger partial charge in [-0.3, -0.25) is 15.0 Å². The van der Waals surface area contributed by atoms with E-state index in [1.807, 2.05) is 0 Å². The van der Waals surface area contributed by atoms with Crippen molar-refractivity contribution in [3.63, 3.8) is 0 Å². The highest BCUT2D eigenvalue weighted by atomic mass is 35.5. The van der Waals surface area contributed by atoms with Crippen molar-refractivity contribution in [2.24, 2.45) is 10.2 Å². The van der Waals surface area contributed by atoms with E-state index < -0.39 is 5.56 Å². The van der Waals surface area contributed by atoms with Gasteiger partial charge in [-0.15, -0.1) is 5.11 Å². The number of halogens is 1. The van der Waals surface area contributed by atoms with E-state index >= 15 is 0 Å². The lowest BCUT2D eigenvalue weighted by atomic mass is 10.1. The fourth-order valence-electron chi connectivity index (χ4n) is 1.97. The number of hydrogen-bond donors (Lipinski definition) is 3. The van der Waals surface area contributed by atoms with E-state index in [0.29, 0.717) is 22.0 Å². The summed E-state index contributed by atoms with van der Waals surface area (Å²) in [5.41, 5.74) is 1.01. The van der Waals surface area contributed by atoms with Crippen LogP contribution in [0.4, 0.5) is 11.4 Å². The molecule has 3 aromatic rings. The molecule has 0 spiro atoms. The molecule has 6 nitrogen and oxygen atoms in total. The first-order chi connectivity index (χ1) is 10.6. The van der Waals surface area contributed by atoms with Crippen LogP contribution in [-0.2, 0) is 0 Å². The van der Waals surface area contributed by atoms with E-state index in [2.05, 4.69) is 20.4 Å². The summed E-state index contributed by atoms with van der Waals surface area (Å²) in [5.74, 6) is 0.0388. The largest absolute Gasteiger partial charge is 0.507 e. The summed E-state index contributed by atoms with van der Waals surface area (Å²) < 4.78 is 0. The number of aromatic amines is 2. The number of phenolic OH excluding ortho intramolecular Hbond substituents is 1. The van der Waals surface area contributed by atoms with Gasteiger partial charge >= 0.3 is 0 Å². The van der Waals surface area contributed by atoms with Gasteiger partial charge in [0.15, 0.2) is 5.69 Å². The highest BCUT2D eigenvalue weighted by Crippen LogP contribution is 2.32. The van der Waals surface area contributed by atoms with Gasteiger partial charge in [0.2, 0.25) is 0 Å². The zero-order valence-corrected chi connectivity index (χ0v) is 12.0. The van der Waals surface area contributed by atoms with Crippen molar-refractivity contribution in [2.45, 2.75) is 0 Å². The predicted octanol–water partition coefficient (Wildman–Crippen LogP) is 4.14. The first-order valence-corrected chi connectivity index (χ1v) is 6.79. The maximum atomic E-state index is 11.9. The van der Waals surface area contributed by atoms with E-state index in [4.69, 9.17) is 11.6 Å². The monoisotopic (exact) mass is 314 g/mol. The van der Waals surface area contributed by atoms with Crippen molar-refractivity contribution >= 4 is 23.0 Å². The zero-order valence-electron chi connectivity index (χ0n) is 11.2. The Hall–Kier alpha value is -2.86. The third kappa shape index (κ3) is 2.77. The van der Waals surface area contributed by atoms with Crippen LogP contribution in [-0.4, -0.2) is 15.3 Å². The average molecular weight is 315 g/mol. The Labute approximate surface area is 130 Å². The molecule has 0 radical (unpaired) electrons. The topological polar surface area (TPSA) is 93.6 Å². The van der Waals surface area contributed by atoms with Crippen LogP contribution in [0.1, 0.15) is 0 Å². The molecule has 0 amide bonds. The number of hydrogen-bond acceptors (Lipinski definition) is 4. The molecular formula is C15H11ClN4O2. The van der Waals surface area contributed by atoms with Crippen LogP contribution in [0.5, 0.6) is 5.75 Å². The molecule has 0 saturated carbocycles. The highest BCUT2D eigenvalue weighted by molar-refractivity contribution is 6.30. The minimum Gasteiger partial charge on any atom is -0.507 e. The maximum absolute atomic E-state index is 11.9. The molecule has 0 saturated heterocycles. The van der Waals surface area contributed by atoms with Crippen LogP contribution in [0, 0.1) is 0 Å². The van der Waals surface area contributed by atoms with E-state index in [1.165, 1.54) is 6.07 Å². The number of phenols is 1. The molecule has 3 rings (SSSR count). The van der Waals surface area contributed by atoms with Gasteiger partial charge in [-0.1, -0.05) is 29.8 Å². The quantitative estimate of drug-likeness (QED) is 0.633. The summed E-state index contributed by atoms with van der Waals surface area (Å²) in [4.78, 5) is 11.9. The van der Waals surface area contributed by atoms with Crippen molar-refractivity contribution in [2.75, 3.05) is 0 Å². The smallest absolute Gasteiger partial charge is 0.292 e. The van der Waals surface area contributed by atoms with Crippen LogP contribution in [0.3, 0.4) is 0 Å². The van der Waals surface area contributed by atoms with Crippen molar-refractivity contribution in [1.29, 1.82) is 0 Å². The lowest BCUT2D eigenvalue weighted by molar-refractivity contribution is 0.477. The van der Waals surface area contributed by atoms with E-state index in [1.54, 1.807) is 42.5 Å². The molecule has 0 unspecified atom stereocenters. The summed E-state index contributed by atoms with van der Waals surface area (Å²) in [7, 11) is 0. The molecule has 0 aliphatic heterocycles. The standard InChI is InChI=1S/C15H11ClN4O2/c16-9-4-3-5-10(8-9)17-19-14-13(18-20-15(14)22)11-6-1-2-7-12(11)21/h1-8,21H,(H2,18,20,22). The van der Waals surface area contributed by atoms with Crippen molar-refractivity contribution in [1.82, 2.24) is 10.2 Å². The average Bonchev–Trinajstić information content (AvgIpc) is 2.87. The summed E-state index contributed by atoms with van der Waals surface area (Å²) in [6.07, 6.45) is 0. The van der Waals surface area contributed by atoms with Gasteiger partial charge in [-0.05, 0) is 30.3 Å². The fourth-order valence-corrected chi connectivity index (χ4v) is 2.16. The molecule has 110 valence electrons. The Balaban J connectivity index is 2.04. The molecule has 7 heteroatoms. The Bertz CT molecular complexity index is 898. The number of H-pyrrole nitrogens is 2. The Morgan fingerprint density at radius 2 is 1.82 bits per heavy atom. The minimum atomic E-state index is -0.427. The second-order valence-corrected chi connectivity index (χ2v) is 4.94.